The Hall–Kier alpha value is -1.20. The van der Waals surface area contributed by atoms with Crippen LogP contribution in [0.5, 0.6) is 0 Å². The molecule has 2 rings (SSSR count). The summed E-state index contributed by atoms with van der Waals surface area (Å²) in [5, 5.41) is 0. The van der Waals surface area contributed by atoms with Gasteiger partial charge < -0.3 is 10.7 Å². The number of hydrogen-bond donors (Lipinski definition) is 2. The van der Waals surface area contributed by atoms with Gasteiger partial charge in [-0.05, 0) is 22.0 Å². The summed E-state index contributed by atoms with van der Waals surface area (Å²) in [6.45, 7) is 0. The number of aromatic amines is 1. The van der Waals surface area contributed by atoms with Crippen molar-refractivity contribution in [1.29, 1.82) is 0 Å². The first kappa shape index (κ1) is 10.3. The third-order valence-corrected chi connectivity index (χ3v) is 2.74. The summed E-state index contributed by atoms with van der Waals surface area (Å²) in [7, 11) is 0. The number of nitrogens with zero attached hydrogens (tertiary/aromatic N) is 1. The fraction of sp³-hybridized carbons (Fsp3) is 0.100. The lowest BCUT2D eigenvalue weighted by Gasteiger charge is -2.10. The molecular formula is C10H9BrFN3. The average Bonchev–Trinajstić information content (AvgIpc) is 2.74. The third kappa shape index (κ3) is 1.93. The number of rotatable bonds is 2. The minimum absolute atomic E-state index is 0.346. The number of aromatic nitrogens is 2. The van der Waals surface area contributed by atoms with E-state index >= 15 is 0 Å². The molecule has 5 heteroatoms. The molecule has 0 saturated heterocycles. The molecule has 0 bridgehead atoms. The molecule has 0 aliphatic rings. The van der Waals surface area contributed by atoms with Crippen LogP contribution in [0.25, 0.3) is 0 Å². The highest BCUT2D eigenvalue weighted by molar-refractivity contribution is 9.10. The molecule has 1 atom stereocenters. The Bertz CT molecular complexity index is 456. The van der Waals surface area contributed by atoms with Gasteiger partial charge in [0.05, 0.1) is 10.5 Å². The summed E-state index contributed by atoms with van der Waals surface area (Å²) in [4.78, 5) is 6.86. The number of H-pyrrole nitrogens is 1. The summed E-state index contributed by atoms with van der Waals surface area (Å²) in [5.74, 6) is 0.202. The van der Waals surface area contributed by atoms with Crippen molar-refractivity contribution < 1.29 is 4.39 Å². The zero-order chi connectivity index (χ0) is 10.8. The van der Waals surface area contributed by atoms with Gasteiger partial charge in [0.1, 0.15) is 11.6 Å². The average molecular weight is 270 g/mol. The second-order valence-corrected chi connectivity index (χ2v) is 3.95. The summed E-state index contributed by atoms with van der Waals surface area (Å²) < 4.78 is 14.1. The van der Waals surface area contributed by atoms with Gasteiger partial charge in [-0.25, -0.2) is 9.37 Å². The lowest BCUT2D eigenvalue weighted by molar-refractivity contribution is 0.588. The van der Waals surface area contributed by atoms with Crippen molar-refractivity contribution in [3.05, 3.63) is 52.3 Å². The van der Waals surface area contributed by atoms with Crippen LogP contribution in [0, 0.1) is 5.82 Å². The normalized spacial score (nSPS) is 12.7. The third-order valence-electron chi connectivity index (χ3n) is 2.13. The number of imidazole rings is 1. The number of benzene rings is 1. The molecule has 0 amide bonds. The zero-order valence-corrected chi connectivity index (χ0v) is 9.33. The SMILES string of the molecule is NC(c1ncc[nH]1)c1cccc(Br)c1F. The van der Waals surface area contributed by atoms with Crippen LogP contribution >= 0.6 is 15.9 Å². The van der Waals surface area contributed by atoms with Crippen LogP contribution in [0.2, 0.25) is 0 Å². The van der Waals surface area contributed by atoms with Crippen molar-refractivity contribution in [2.45, 2.75) is 6.04 Å². The second-order valence-electron chi connectivity index (χ2n) is 3.10. The molecule has 78 valence electrons. The fourth-order valence-corrected chi connectivity index (χ4v) is 1.74. The summed E-state index contributed by atoms with van der Waals surface area (Å²) in [5.41, 5.74) is 6.29. The standard InChI is InChI=1S/C10H9BrFN3/c11-7-3-1-2-6(8(7)12)9(13)10-14-4-5-15-10/h1-5,9H,13H2,(H,14,15). The highest BCUT2D eigenvalue weighted by Gasteiger charge is 2.16. The molecule has 2 aromatic rings. The fourth-order valence-electron chi connectivity index (χ4n) is 1.36. The van der Waals surface area contributed by atoms with Crippen LogP contribution in [-0.2, 0) is 0 Å². The predicted molar refractivity (Wildman–Crippen MR) is 58.7 cm³/mol. The molecule has 1 unspecified atom stereocenters. The van der Waals surface area contributed by atoms with Crippen LogP contribution in [0.15, 0.2) is 35.1 Å². The minimum atomic E-state index is -0.572. The van der Waals surface area contributed by atoms with Crippen molar-refractivity contribution in [2.75, 3.05) is 0 Å². The molecule has 15 heavy (non-hydrogen) atoms. The molecule has 0 aliphatic carbocycles. The lowest BCUT2D eigenvalue weighted by atomic mass is 10.1. The Morgan fingerprint density at radius 2 is 2.27 bits per heavy atom. The highest BCUT2D eigenvalue weighted by Crippen LogP contribution is 2.24. The van der Waals surface area contributed by atoms with E-state index in [-0.39, 0.29) is 5.82 Å². The number of halogens is 2. The van der Waals surface area contributed by atoms with Gasteiger partial charge in [-0.1, -0.05) is 12.1 Å². The summed E-state index contributed by atoms with van der Waals surface area (Å²) >= 11 is 3.12. The smallest absolute Gasteiger partial charge is 0.142 e. The van der Waals surface area contributed by atoms with E-state index in [1.165, 1.54) is 0 Å². The zero-order valence-electron chi connectivity index (χ0n) is 7.74. The van der Waals surface area contributed by atoms with E-state index in [1.54, 1.807) is 30.6 Å². The lowest BCUT2D eigenvalue weighted by Crippen LogP contribution is -2.15. The maximum Gasteiger partial charge on any atom is 0.142 e. The second kappa shape index (κ2) is 4.12. The molecule has 3 N–H and O–H groups in total. The summed E-state index contributed by atoms with van der Waals surface area (Å²) in [6.07, 6.45) is 3.25. The molecule has 3 nitrogen and oxygen atoms in total. The van der Waals surface area contributed by atoms with Crippen molar-refractivity contribution in [3.8, 4) is 0 Å². The van der Waals surface area contributed by atoms with E-state index in [4.69, 9.17) is 5.73 Å². The van der Waals surface area contributed by atoms with Crippen molar-refractivity contribution in [1.82, 2.24) is 9.97 Å². The molecule has 0 aliphatic heterocycles. The van der Waals surface area contributed by atoms with Crippen molar-refractivity contribution in [3.63, 3.8) is 0 Å². The van der Waals surface area contributed by atoms with Gasteiger partial charge in [-0.3, -0.25) is 0 Å². The maximum absolute atomic E-state index is 13.7. The molecule has 1 aromatic heterocycles. The van der Waals surface area contributed by atoms with E-state index in [9.17, 15) is 4.39 Å². The Labute approximate surface area is 94.7 Å². The Kier molecular flexibility index (Phi) is 2.83. The van der Waals surface area contributed by atoms with E-state index in [0.717, 1.165) is 0 Å². The van der Waals surface area contributed by atoms with Crippen LogP contribution in [0.4, 0.5) is 4.39 Å². The quantitative estimate of drug-likeness (QED) is 0.880. The van der Waals surface area contributed by atoms with Crippen LogP contribution in [0.1, 0.15) is 17.4 Å². The first-order chi connectivity index (χ1) is 7.20. The van der Waals surface area contributed by atoms with Gasteiger partial charge in [-0.15, -0.1) is 0 Å². The first-order valence-electron chi connectivity index (χ1n) is 4.39. The monoisotopic (exact) mass is 269 g/mol. The Morgan fingerprint density at radius 1 is 1.47 bits per heavy atom. The van der Waals surface area contributed by atoms with Gasteiger partial charge in [-0.2, -0.15) is 0 Å². The molecule has 0 fully saturated rings. The van der Waals surface area contributed by atoms with Gasteiger partial charge in [0.25, 0.3) is 0 Å². The van der Waals surface area contributed by atoms with E-state index in [1.807, 2.05) is 0 Å². The van der Waals surface area contributed by atoms with Gasteiger partial charge in [0.15, 0.2) is 0 Å². The van der Waals surface area contributed by atoms with Crippen LogP contribution in [-0.4, -0.2) is 9.97 Å². The van der Waals surface area contributed by atoms with Crippen molar-refractivity contribution >= 4 is 15.9 Å². The minimum Gasteiger partial charge on any atom is -0.347 e. The predicted octanol–water partition coefficient (Wildman–Crippen LogP) is 2.36. The molecule has 0 saturated carbocycles. The van der Waals surface area contributed by atoms with Crippen molar-refractivity contribution in [2.24, 2.45) is 5.73 Å². The molecule has 1 aromatic carbocycles. The first-order valence-corrected chi connectivity index (χ1v) is 5.18. The van der Waals surface area contributed by atoms with E-state index < -0.39 is 6.04 Å². The van der Waals surface area contributed by atoms with Crippen LogP contribution in [0.3, 0.4) is 0 Å². The topological polar surface area (TPSA) is 54.7 Å². The number of hydrogen-bond acceptors (Lipinski definition) is 2. The summed E-state index contributed by atoms with van der Waals surface area (Å²) in [6, 6.07) is 4.45. The molecule has 0 spiro atoms. The Balaban J connectivity index is 2.42. The number of nitrogens with one attached hydrogen (secondary N) is 1. The van der Waals surface area contributed by atoms with E-state index in [0.29, 0.717) is 15.9 Å². The molecular weight excluding hydrogens is 261 g/mol. The largest absolute Gasteiger partial charge is 0.347 e. The maximum atomic E-state index is 13.7. The van der Waals surface area contributed by atoms with Gasteiger partial charge in [0, 0.05) is 18.0 Å². The molecule has 1 heterocycles. The molecule has 0 radical (unpaired) electrons. The number of nitrogens with two attached hydrogens (primary N) is 1. The highest BCUT2D eigenvalue weighted by atomic mass is 79.9. The van der Waals surface area contributed by atoms with Gasteiger partial charge >= 0.3 is 0 Å². The van der Waals surface area contributed by atoms with E-state index in [2.05, 4.69) is 25.9 Å². The van der Waals surface area contributed by atoms with Gasteiger partial charge in [0.2, 0.25) is 0 Å². The Morgan fingerprint density at radius 3 is 2.93 bits per heavy atom. The van der Waals surface area contributed by atoms with Crippen LogP contribution < -0.4 is 5.73 Å².